The largest absolute Gasteiger partial charge is 0.481 e. The molecule has 0 amide bonds. The van der Waals surface area contributed by atoms with Gasteiger partial charge in [-0.15, -0.1) is 11.3 Å². The van der Waals surface area contributed by atoms with Crippen LogP contribution in [-0.4, -0.2) is 32.9 Å². The number of rotatable bonds is 9. The van der Waals surface area contributed by atoms with Crippen molar-refractivity contribution in [1.82, 2.24) is 15.0 Å². The van der Waals surface area contributed by atoms with Crippen LogP contribution in [0.4, 0.5) is 11.4 Å². The highest BCUT2D eigenvalue weighted by molar-refractivity contribution is 7.18. The van der Waals surface area contributed by atoms with Crippen LogP contribution in [0.1, 0.15) is 35.9 Å². The number of nitrogens with zero attached hydrogens (tertiary/aromatic N) is 3. The van der Waals surface area contributed by atoms with Gasteiger partial charge in [-0.25, -0.2) is 15.0 Å². The molecule has 4 aromatic rings. The first-order valence-corrected chi connectivity index (χ1v) is 12.1. The number of hydrogen-bond donors (Lipinski definition) is 4. The van der Waals surface area contributed by atoms with Gasteiger partial charge in [0.05, 0.1) is 29.6 Å². The zero-order chi connectivity index (χ0) is 23.7. The molecule has 0 saturated heterocycles. The predicted octanol–water partition coefficient (Wildman–Crippen LogP) is 5.24. The van der Waals surface area contributed by atoms with Crippen molar-refractivity contribution < 1.29 is 9.84 Å². The minimum Gasteiger partial charge on any atom is -0.481 e. The molecule has 5 rings (SSSR count). The van der Waals surface area contributed by atoms with Gasteiger partial charge >= 0.3 is 0 Å². The van der Waals surface area contributed by atoms with E-state index in [0.717, 1.165) is 34.5 Å². The normalized spacial score (nSPS) is 14.1. The van der Waals surface area contributed by atoms with Crippen molar-refractivity contribution in [2.24, 2.45) is 5.92 Å². The number of pyridine rings is 1. The van der Waals surface area contributed by atoms with Gasteiger partial charge in [0, 0.05) is 45.6 Å². The Balaban J connectivity index is 1.44. The van der Waals surface area contributed by atoms with Gasteiger partial charge in [0.1, 0.15) is 11.5 Å². The molecule has 8 nitrogen and oxygen atoms in total. The highest BCUT2D eigenvalue weighted by atomic mass is 35.5. The molecule has 1 unspecified atom stereocenters. The van der Waals surface area contributed by atoms with Gasteiger partial charge in [0.15, 0.2) is 6.23 Å². The van der Waals surface area contributed by atoms with E-state index >= 15 is 0 Å². The Hall–Kier alpha value is -3.27. The van der Waals surface area contributed by atoms with E-state index in [9.17, 15) is 5.11 Å². The molecule has 1 aromatic carbocycles. The molecule has 1 saturated carbocycles. The maximum atomic E-state index is 11.0. The van der Waals surface area contributed by atoms with E-state index in [-0.39, 0.29) is 5.92 Å². The number of aliphatic hydroxyl groups excluding tert-OH is 1. The number of thiophene rings is 1. The molecule has 0 bridgehead atoms. The molecule has 34 heavy (non-hydrogen) atoms. The van der Waals surface area contributed by atoms with Crippen LogP contribution in [0.2, 0.25) is 5.15 Å². The second kappa shape index (κ2) is 9.54. The average molecular weight is 495 g/mol. The van der Waals surface area contributed by atoms with Gasteiger partial charge in [0.2, 0.25) is 5.88 Å². The first-order chi connectivity index (χ1) is 16.5. The molecule has 0 radical (unpaired) electrons. The summed E-state index contributed by atoms with van der Waals surface area (Å²) in [6.45, 7) is 0.471. The Kier molecular flexibility index (Phi) is 6.32. The topological polar surface area (TPSA) is 116 Å². The number of fused-ring (bicyclic) bond motifs is 1. The van der Waals surface area contributed by atoms with E-state index in [1.807, 2.05) is 35.7 Å². The van der Waals surface area contributed by atoms with Crippen LogP contribution < -0.4 is 15.4 Å². The summed E-state index contributed by atoms with van der Waals surface area (Å²) in [6, 6.07) is 11.3. The molecule has 1 aliphatic rings. The Bertz CT molecular complexity index is 1360. The zero-order valence-corrected chi connectivity index (χ0v) is 20.0. The van der Waals surface area contributed by atoms with Crippen LogP contribution >= 0.6 is 22.9 Å². The Morgan fingerprint density at radius 2 is 2.03 bits per heavy atom. The second-order valence-electron chi connectivity index (χ2n) is 8.02. The fourth-order valence-corrected chi connectivity index (χ4v) is 4.99. The molecule has 3 heterocycles. The highest BCUT2D eigenvalue weighted by Gasteiger charge is 2.30. The van der Waals surface area contributed by atoms with Gasteiger partial charge < -0.3 is 25.9 Å². The minimum atomic E-state index is -1.03. The summed E-state index contributed by atoms with van der Waals surface area (Å²) < 4.78 is 5.95. The predicted molar refractivity (Wildman–Crippen MR) is 135 cm³/mol. The molecule has 10 heteroatoms. The van der Waals surface area contributed by atoms with Gasteiger partial charge in [-0.1, -0.05) is 23.7 Å². The molecule has 0 aliphatic heterocycles. The van der Waals surface area contributed by atoms with Crippen molar-refractivity contribution in [3.05, 3.63) is 70.1 Å². The van der Waals surface area contributed by atoms with Crippen molar-refractivity contribution >= 4 is 50.2 Å². The number of hydrogen-bond acceptors (Lipinski definition) is 9. The molecular formula is C24H23ClN6O2S. The van der Waals surface area contributed by atoms with E-state index in [0.29, 0.717) is 40.1 Å². The first-order valence-electron chi connectivity index (χ1n) is 10.8. The molecule has 3 aromatic heterocycles. The Morgan fingerprint density at radius 1 is 1.24 bits per heavy atom. The Morgan fingerprint density at radius 3 is 2.82 bits per heavy atom. The molecule has 0 spiro atoms. The maximum absolute atomic E-state index is 11.0. The number of anilines is 2. The summed E-state index contributed by atoms with van der Waals surface area (Å²) >= 11 is 7.56. The summed E-state index contributed by atoms with van der Waals surface area (Å²) in [7, 11) is 1.59. The molecule has 1 atom stereocenters. The standard InChI is InChI=1S/C24H23ClN6O2S/c1-33-18-7-2-4-14(30-18)10-27-16-5-3-6-17(19(16)20(26)13-8-9-13)31-24(32)15-11-34-22-21(15)28-12-29-23(22)25/h2-7,11-13,24,26-27,31-32H,8-10H2,1H3. The summed E-state index contributed by atoms with van der Waals surface area (Å²) in [4.78, 5) is 12.8. The number of ether oxygens (including phenoxy) is 1. The summed E-state index contributed by atoms with van der Waals surface area (Å²) in [5.74, 6) is 0.778. The monoisotopic (exact) mass is 494 g/mol. The third kappa shape index (κ3) is 4.54. The van der Waals surface area contributed by atoms with E-state index in [4.69, 9.17) is 21.7 Å². The smallest absolute Gasteiger partial charge is 0.213 e. The van der Waals surface area contributed by atoms with Gasteiger partial charge in [-0.3, -0.25) is 0 Å². The molecule has 4 N–H and O–H groups in total. The molecule has 1 aliphatic carbocycles. The number of methoxy groups -OCH3 is 1. The molecular weight excluding hydrogens is 472 g/mol. The van der Waals surface area contributed by atoms with Crippen molar-refractivity contribution in [3.8, 4) is 5.88 Å². The summed E-state index contributed by atoms with van der Waals surface area (Å²) in [5, 5.41) is 28.7. The van der Waals surface area contributed by atoms with E-state index in [1.165, 1.54) is 17.7 Å². The van der Waals surface area contributed by atoms with Crippen molar-refractivity contribution in [1.29, 1.82) is 5.41 Å². The van der Waals surface area contributed by atoms with E-state index < -0.39 is 6.23 Å². The number of nitrogens with one attached hydrogen (secondary N) is 3. The van der Waals surface area contributed by atoms with Crippen LogP contribution in [0.5, 0.6) is 5.88 Å². The van der Waals surface area contributed by atoms with Crippen LogP contribution in [0.3, 0.4) is 0 Å². The molecule has 174 valence electrons. The van der Waals surface area contributed by atoms with Gasteiger partial charge in [-0.2, -0.15) is 0 Å². The number of aromatic nitrogens is 3. The lowest BCUT2D eigenvalue weighted by Crippen LogP contribution is -2.16. The fourth-order valence-electron chi connectivity index (χ4n) is 3.80. The van der Waals surface area contributed by atoms with Gasteiger partial charge in [0.25, 0.3) is 0 Å². The summed E-state index contributed by atoms with van der Waals surface area (Å²) in [5.41, 5.74) is 4.83. The van der Waals surface area contributed by atoms with Crippen molar-refractivity contribution in [2.45, 2.75) is 25.6 Å². The van der Waals surface area contributed by atoms with Crippen molar-refractivity contribution in [2.75, 3.05) is 17.7 Å². The lowest BCUT2D eigenvalue weighted by Gasteiger charge is -2.21. The SMILES string of the molecule is COc1cccc(CNc2cccc(NC(O)c3csc4c(Cl)ncnc34)c2C(=N)C2CC2)n1. The fraction of sp³-hybridized carbons (Fsp3) is 0.250. The van der Waals surface area contributed by atoms with Crippen LogP contribution in [0, 0.1) is 11.3 Å². The number of benzene rings is 1. The lowest BCUT2D eigenvalue weighted by atomic mass is 10.0. The minimum absolute atomic E-state index is 0.226. The lowest BCUT2D eigenvalue weighted by molar-refractivity contribution is 0.210. The quantitative estimate of drug-likeness (QED) is 0.143. The van der Waals surface area contributed by atoms with E-state index in [2.05, 4.69) is 25.6 Å². The van der Waals surface area contributed by atoms with Crippen LogP contribution in [-0.2, 0) is 6.54 Å². The van der Waals surface area contributed by atoms with E-state index in [1.54, 1.807) is 13.2 Å². The third-order valence-corrected chi connectivity index (χ3v) is 7.09. The average Bonchev–Trinajstić information content (AvgIpc) is 3.61. The maximum Gasteiger partial charge on any atom is 0.213 e. The van der Waals surface area contributed by atoms with Gasteiger partial charge in [-0.05, 0) is 31.0 Å². The highest BCUT2D eigenvalue weighted by Crippen LogP contribution is 2.39. The van der Waals surface area contributed by atoms with Crippen molar-refractivity contribution in [3.63, 3.8) is 0 Å². The summed E-state index contributed by atoms with van der Waals surface area (Å²) in [6.07, 6.45) is 2.36. The molecule has 1 fully saturated rings. The number of halogens is 1. The third-order valence-electron chi connectivity index (χ3n) is 5.69. The Labute approximate surface area is 205 Å². The second-order valence-corrected chi connectivity index (χ2v) is 9.26. The zero-order valence-electron chi connectivity index (χ0n) is 18.4. The number of aliphatic hydroxyl groups is 1. The van der Waals surface area contributed by atoms with Crippen LogP contribution in [0.25, 0.3) is 10.2 Å². The van der Waals surface area contributed by atoms with Crippen LogP contribution in [0.15, 0.2) is 48.1 Å². The first kappa shape index (κ1) is 22.5.